The lowest BCUT2D eigenvalue weighted by atomic mass is 9.99. The number of carbonyl (C=O) groups excluding carboxylic acids is 1. The topological polar surface area (TPSA) is 81.1 Å². The van der Waals surface area contributed by atoms with Crippen LogP contribution in [0.3, 0.4) is 0 Å². The van der Waals surface area contributed by atoms with Crippen molar-refractivity contribution in [3.63, 3.8) is 0 Å². The third-order valence-electron chi connectivity index (χ3n) is 2.34. The van der Waals surface area contributed by atoms with Gasteiger partial charge in [0.15, 0.2) is 0 Å². The largest absolute Gasteiger partial charge is 0.389 e. The molecule has 0 radical (unpaired) electrons. The van der Waals surface area contributed by atoms with Gasteiger partial charge in [0.05, 0.1) is 0 Å². The summed E-state index contributed by atoms with van der Waals surface area (Å²) in [5.41, 5.74) is 11.1. The van der Waals surface area contributed by atoms with Crippen LogP contribution in [0.5, 0.6) is 0 Å². The monoisotopic (exact) mass is 269 g/mol. The van der Waals surface area contributed by atoms with Gasteiger partial charge in [-0.15, -0.1) is 0 Å². The highest BCUT2D eigenvalue weighted by Gasteiger charge is 2.22. The molecule has 0 heterocycles. The number of rotatable bonds is 5. The van der Waals surface area contributed by atoms with Gasteiger partial charge in [0.25, 0.3) is 0 Å². The molecule has 0 unspecified atom stereocenters. The minimum Gasteiger partial charge on any atom is -0.389 e. The van der Waals surface area contributed by atoms with E-state index in [0.29, 0.717) is 11.3 Å². The molecule has 1 amide bonds. The summed E-state index contributed by atoms with van der Waals surface area (Å²) in [5, 5.41) is 3.09. The molecule has 4 nitrogen and oxygen atoms in total. The average Bonchev–Trinajstić information content (AvgIpc) is 2.18. The molecule has 0 saturated heterocycles. The number of nitrogens with two attached hydrogens (primary N) is 2. The number of amides is 1. The van der Waals surface area contributed by atoms with Gasteiger partial charge >= 0.3 is 0 Å². The smallest absolute Gasteiger partial charge is 0.219 e. The molecule has 5 N–H and O–H groups in total. The quantitative estimate of drug-likeness (QED) is 0.708. The second-order valence-electron chi connectivity index (χ2n) is 4.71. The first-order valence-electron chi connectivity index (χ1n) is 5.37. The zero-order valence-corrected chi connectivity index (χ0v) is 11.1. The Morgan fingerprint density at radius 3 is 2.56 bits per heavy atom. The summed E-state index contributed by atoms with van der Waals surface area (Å²) < 4.78 is 13.1. The Kier molecular flexibility index (Phi) is 4.24. The molecule has 1 aromatic carbocycles. The molecule has 0 aliphatic heterocycles. The molecule has 0 aliphatic rings. The highest BCUT2D eigenvalue weighted by molar-refractivity contribution is 7.80. The maximum absolute atomic E-state index is 13.1. The summed E-state index contributed by atoms with van der Waals surface area (Å²) in [6, 6.07) is 4.09. The summed E-state index contributed by atoms with van der Waals surface area (Å²) >= 11 is 4.87. The molecule has 98 valence electrons. The second kappa shape index (κ2) is 5.30. The molecule has 0 bridgehead atoms. The highest BCUT2D eigenvalue weighted by atomic mass is 32.1. The Balaban J connectivity index is 3.03. The van der Waals surface area contributed by atoms with Crippen LogP contribution in [-0.4, -0.2) is 16.4 Å². The van der Waals surface area contributed by atoms with Crippen molar-refractivity contribution in [3.8, 4) is 0 Å². The maximum Gasteiger partial charge on any atom is 0.219 e. The number of halogens is 1. The van der Waals surface area contributed by atoms with Crippen molar-refractivity contribution in [2.24, 2.45) is 11.5 Å². The van der Waals surface area contributed by atoms with Gasteiger partial charge in [-0.05, 0) is 32.0 Å². The van der Waals surface area contributed by atoms with E-state index in [1.54, 1.807) is 0 Å². The van der Waals surface area contributed by atoms with Crippen LogP contribution in [0.15, 0.2) is 18.2 Å². The first-order chi connectivity index (χ1) is 8.21. The van der Waals surface area contributed by atoms with E-state index in [9.17, 15) is 9.18 Å². The predicted molar refractivity (Wildman–Crippen MR) is 73.8 cm³/mol. The van der Waals surface area contributed by atoms with Crippen molar-refractivity contribution in [2.75, 3.05) is 5.32 Å². The fourth-order valence-electron chi connectivity index (χ4n) is 1.67. The van der Waals surface area contributed by atoms with Crippen molar-refractivity contribution >= 4 is 28.8 Å². The molecular weight excluding hydrogens is 253 g/mol. The number of carbonyl (C=O) groups is 1. The Morgan fingerprint density at radius 1 is 1.44 bits per heavy atom. The number of primary amides is 1. The van der Waals surface area contributed by atoms with Crippen molar-refractivity contribution in [2.45, 2.75) is 25.8 Å². The van der Waals surface area contributed by atoms with E-state index >= 15 is 0 Å². The van der Waals surface area contributed by atoms with E-state index in [1.165, 1.54) is 18.2 Å². The first kappa shape index (κ1) is 14.4. The summed E-state index contributed by atoms with van der Waals surface area (Å²) in [4.78, 5) is 11.0. The molecule has 0 aliphatic carbocycles. The van der Waals surface area contributed by atoms with Crippen LogP contribution in [0.25, 0.3) is 0 Å². The van der Waals surface area contributed by atoms with Crippen molar-refractivity contribution < 1.29 is 9.18 Å². The molecule has 0 fully saturated rings. The SMILES string of the molecule is CC(C)(CC(N)=O)Nc1ccc(F)cc1C(N)=S. The standard InChI is InChI=1S/C12H16FN3OS/c1-12(2,6-10(14)17)16-9-4-3-7(13)5-8(9)11(15)18/h3-5,16H,6H2,1-2H3,(H2,14,17)(H2,15,18). The minimum atomic E-state index is -0.566. The van der Waals surface area contributed by atoms with E-state index in [4.69, 9.17) is 23.7 Å². The Hall–Kier alpha value is -1.69. The van der Waals surface area contributed by atoms with Crippen LogP contribution >= 0.6 is 12.2 Å². The molecule has 0 atom stereocenters. The van der Waals surface area contributed by atoms with E-state index in [0.717, 1.165) is 0 Å². The number of thiocarbonyl (C=S) groups is 1. The zero-order chi connectivity index (χ0) is 13.9. The van der Waals surface area contributed by atoms with Gasteiger partial charge in [-0.1, -0.05) is 12.2 Å². The van der Waals surface area contributed by atoms with Gasteiger partial charge in [-0.25, -0.2) is 4.39 Å². The number of hydrogen-bond donors (Lipinski definition) is 3. The zero-order valence-electron chi connectivity index (χ0n) is 10.3. The van der Waals surface area contributed by atoms with Gasteiger partial charge in [0.2, 0.25) is 5.91 Å². The third kappa shape index (κ3) is 3.96. The van der Waals surface area contributed by atoms with Gasteiger partial charge < -0.3 is 16.8 Å². The van der Waals surface area contributed by atoms with E-state index in [2.05, 4.69) is 5.32 Å². The molecule has 0 spiro atoms. The Bertz CT molecular complexity index is 488. The molecule has 18 heavy (non-hydrogen) atoms. The first-order valence-corrected chi connectivity index (χ1v) is 5.78. The number of benzene rings is 1. The summed E-state index contributed by atoms with van der Waals surface area (Å²) in [6.07, 6.45) is 0.140. The fraction of sp³-hybridized carbons (Fsp3) is 0.333. The van der Waals surface area contributed by atoms with Crippen LogP contribution in [-0.2, 0) is 4.79 Å². The lowest BCUT2D eigenvalue weighted by Gasteiger charge is -2.27. The van der Waals surface area contributed by atoms with Gasteiger partial charge in [0, 0.05) is 23.2 Å². The number of anilines is 1. The van der Waals surface area contributed by atoms with Crippen LogP contribution in [0.2, 0.25) is 0 Å². The fourth-order valence-corrected chi connectivity index (χ4v) is 1.84. The second-order valence-corrected chi connectivity index (χ2v) is 5.15. The summed E-state index contributed by atoms with van der Waals surface area (Å²) in [5.74, 6) is -0.845. The summed E-state index contributed by atoms with van der Waals surface area (Å²) in [7, 11) is 0. The van der Waals surface area contributed by atoms with Crippen molar-refractivity contribution in [1.82, 2.24) is 0 Å². The lowest BCUT2D eigenvalue weighted by Crippen LogP contribution is -2.36. The van der Waals surface area contributed by atoms with Gasteiger partial charge in [-0.2, -0.15) is 0 Å². The maximum atomic E-state index is 13.1. The molecule has 0 saturated carbocycles. The molecule has 1 aromatic rings. The van der Waals surface area contributed by atoms with Gasteiger partial charge in [-0.3, -0.25) is 4.79 Å². The van der Waals surface area contributed by atoms with Crippen LogP contribution < -0.4 is 16.8 Å². The number of nitrogens with one attached hydrogen (secondary N) is 1. The summed E-state index contributed by atoms with van der Waals surface area (Å²) in [6.45, 7) is 3.62. The van der Waals surface area contributed by atoms with Crippen molar-refractivity contribution in [3.05, 3.63) is 29.6 Å². The van der Waals surface area contributed by atoms with E-state index in [1.807, 2.05) is 13.8 Å². The van der Waals surface area contributed by atoms with Crippen LogP contribution in [0.1, 0.15) is 25.8 Å². The normalized spacial score (nSPS) is 11.1. The predicted octanol–water partition coefficient (Wildman–Crippen LogP) is 1.53. The highest BCUT2D eigenvalue weighted by Crippen LogP contribution is 2.23. The third-order valence-corrected chi connectivity index (χ3v) is 2.56. The van der Waals surface area contributed by atoms with Crippen LogP contribution in [0.4, 0.5) is 10.1 Å². The number of hydrogen-bond acceptors (Lipinski definition) is 3. The lowest BCUT2D eigenvalue weighted by molar-refractivity contribution is -0.118. The molecule has 1 rings (SSSR count). The average molecular weight is 269 g/mol. The Morgan fingerprint density at radius 2 is 2.06 bits per heavy atom. The van der Waals surface area contributed by atoms with E-state index < -0.39 is 17.3 Å². The van der Waals surface area contributed by atoms with Crippen molar-refractivity contribution in [1.29, 1.82) is 0 Å². The molecule has 6 heteroatoms. The van der Waals surface area contributed by atoms with Crippen LogP contribution in [0, 0.1) is 5.82 Å². The Labute approximate surface area is 111 Å². The minimum absolute atomic E-state index is 0.0897. The van der Waals surface area contributed by atoms with Gasteiger partial charge in [0.1, 0.15) is 10.8 Å². The molecule has 0 aromatic heterocycles. The molecular formula is C12H16FN3OS. The van der Waals surface area contributed by atoms with E-state index in [-0.39, 0.29) is 11.4 Å².